The summed E-state index contributed by atoms with van der Waals surface area (Å²) in [6.45, 7) is 2.18. The Hall–Kier alpha value is -1.80. The van der Waals surface area contributed by atoms with Gasteiger partial charge in [0.25, 0.3) is 0 Å². The lowest BCUT2D eigenvalue weighted by atomic mass is 9.94. The van der Waals surface area contributed by atoms with Crippen molar-refractivity contribution in [1.29, 1.82) is 0 Å². The third-order valence-electron chi connectivity index (χ3n) is 3.22. The highest BCUT2D eigenvalue weighted by Gasteiger charge is 2.12. The van der Waals surface area contributed by atoms with Gasteiger partial charge in [0, 0.05) is 18.3 Å². The van der Waals surface area contributed by atoms with Crippen molar-refractivity contribution in [3.8, 4) is 0 Å². The SMILES string of the molecule is CC(c1ncc[nH]1)c1cccc2ccccc12.Cl. The zero-order valence-electron chi connectivity index (χ0n) is 10.1. The van der Waals surface area contributed by atoms with E-state index in [1.54, 1.807) is 6.20 Å². The number of rotatable bonds is 2. The van der Waals surface area contributed by atoms with Crippen molar-refractivity contribution >= 4 is 23.2 Å². The normalized spacial score (nSPS) is 12.1. The maximum Gasteiger partial charge on any atom is 0.113 e. The number of hydrogen-bond acceptors (Lipinski definition) is 1. The fourth-order valence-corrected chi connectivity index (χ4v) is 2.29. The van der Waals surface area contributed by atoms with Gasteiger partial charge in [0.2, 0.25) is 0 Å². The summed E-state index contributed by atoms with van der Waals surface area (Å²) in [5.41, 5.74) is 1.32. The molecule has 0 fully saturated rings. The smallest absolute Gasteiger partial charge is 0.113 e. The zero-order valence-corrected chi connectivity index (χ0v) is 10.9. The number of hydrogen-bond donors (Lipinski definition) is 1. The highest BCUT2D eigenvalue weighted by Crippen LogP contribution is 2.28. The summed E-state index contributed by atoms with van der Waals surface area (Å²) < 4.78 is 0. The van der Waals surface area contributed by atoms with Gasteiger partial charge in [0.1, 0.15) is 5.82 Å². The Bertz CT molecular complexity index is 627. The predicted molar refractivity (Wildman–Crippen MR) is 77.3 cm³/mol. The number of fused-ring (bicyclic) bond motifs is 1. The second-order valence-corrected chi connectivity index (χ2v) is 4.26. The van der Waals surface area contributed by atoms with Crippen LogP contribution in [0.15, 0.2) is 54.9 Å². The van der Waals surface area contributed by atoms with E-state index < -0.39 is 0 Å². The van der Waals surface area contributed by atoms with Crippen LogP contribution in [-0.2, 0) is 0 Å². The summed E-state index contributed by atoms with van der Waals surface area (Å²) in [6, 6.07) is 14.9. The maximum absolute atomic E-state index is 4.34. The van der Waals surface area contributed by atoms with Gasteiger partial charge in [0.15, 0.2) is 0 Å². The van der Waals surface area contributed by atoms with Crippen LogP contribution in [0.2, 0.25) is 0 Å². The second kappa shape index (κ2) is 5.23. The van der Waals surface area contributed by atoms with E-state index in [0.29, 0.717) is 0 Å². The van der Waals surface area contributed by atoms with Crippen LogP contribution >= 0.6 is 12.4 Å². The topological polar surface area (TPSA) is 28.7 Å². The maximum atomic E-state index is 4.34. The molecule has 0 bridgehead atoms. The van der Waals surface area contributed by atoms with Crippen LogP contribution in [-0.4, -0.2) is 9.97 Å². The Morgan fingerprint density at radius 2 is 1.83 bits per heavy atom. The number of H-pyrrole nitrogens is 1. The van der Waals surface area contributed by atoms with E-state index in [9.17, 15) is 0 Å². The highest BCUT2D eigenvalue weighted by atomic mass is 35.5. The molecule has 2 nitrogen and oxygen atoms in total. The van der Waals surface area contributed by atoms with Crippen LogP contribution in [0, 0.1) is 0 Å². The molecule has 0 spiro atoms. The molecule has 0 saturated heterocycles. The largest absolute Gasteiger partial charge is 0.348 e. The van der Waals surface area contributed by atoms with E-state index in [1.165, 1.54) is 16.3 Å². The molecule has 1 N–H and O–H groups in total. The van der Waals surface area contributed by atoms with Gasteiger partial charge < -0.3 is 4.98 Å². The molecule has 2 aromatic carbocycles. The van der Waals surface area contributed by atoms with Gasteiger partial charge in [-0.05, 0) is 16.3 Å². The summed E-state index contributed by atoms with van der Waals surface area (Å²) in [5.74, 6) is 1.30. The minimum Gasteiger partial charge on any atom is -0.348 e. The number of benzene rings is 2. The third kappa shape index (κ3) is 2.12. The summed E-state index contributed by atoms with van der Waals surface area (Å²) in [4.78, 5) is 7.53. The molecule has 0 saturated carbocycles. The summed E-state index contributed by atoms with van der Waals surface area (Å²) in [6.07, 6.45) is 3.67. The molecule has 0 aliphatic heterocycles. The first-order chi connectivity index (χ1) is 8.36. The lowest BCUT2D eigenvalue weighted by molar-refractivity contribution is 0.847. The lowest BCUT2D eigenvalue weighted by Gasteiger charge is -2.12. The molecule has 3 aromatic rings. The molecule has 3 rings (SSSR count). The minimum absolute atomic E-state index is 0. The first-order valence-electron chi connectivity index (χ1n) is 5.83. The van der Waals surface area contributed by atoms with E-state index >= 15 is 0 Å². The first-order valence-corrected chi connectivity index (χ1v) is 5.83. The van der Waals surface area contributed by atoms with Gasteiger partial charge in [0.05, 0.1) is 0 Å². The number of imidazole rings is 1. The van der Waals surface area contributed by atoms with Crippen molar-refractivity contribution in [3.63, 3.8) is 0 Å². The van der Waals surface area contributed by atoms with Crippen LogP contribution in [0.1, 0.15) is 24.2 Å². The summed E-state index contributed by atoms with van der Waals surface area (Å²) >= 11 is 0. The fourth-order valence-electron chi connectivity index (χ4n) is 2.29. The molecule has 1 aromatic heterocycles. The van der Waals surface area contributed by atoms with Crippen LogP contribution in [0.3, 0.4) is 0 Å². The molecule has 1 atom stereocenters. The van der Waals surface area contributed by atoms with Gasteiger partial charge in [-0.2, -0.15) is 0 Å². The Labute approximate surface area is 112 Å². The molecule has 0 aliphatic rings. The molecular weight excluding hydrogens is 244 g/mol. The molecule has 1 heterocycles. The standard InChI is InChI=1S/C15H14N2.ClH/c1-11(15-16-9-10-17-15)13-8-4-6-12-5-2-3-7-14(12)13;/h2-11H,1H3,(H,16,17);1H. The average Bonchev–Trinajstić information content (AvgIpc) is 2.91. The van der Waals surface area contributed by atoms with E-state index in [0.717, 1.165) is 5.82 Å². The highest BCUT2D eigenvalue weighted by molar-refractivity contribution is 5.86. The van der Waals surface area contributed by atoms with E-state index in [4.69, 9.17) is 0 Å². The van der Waals surface area contributed by atoms with E-state index in [1.807, 2.05) is 6.20 Å². The van der Waals surface area contributed by atoms with Crippen LogP contribution in [0.25, 0.3) is 10.8 Å². The molecule has 1 unspecified atom stereocenters. The minimum atomic E-state index is 0. The van der Waals surface area contributed by atoms with Gasteiger partial charge >= 0.3 is 0 Å². The monoisotopic (exact) mass is 258 g/mol. The fraction of sp³-hybridized carbons (Fsp3) is 0.133. The summed E-state index contributed by atoms with van der Waals surface area (Å²) in [7, 11) is 0. The zero-order chi connectivity index (χ0) is 11.7. The number of halogens is 1. The molecule has 0 amide bonds. The van der Waals surface area contributed by atoms with Gasteiger partial charge in [-0.1, -0.05) is 49.4 Å². The van der Waals surface area contributed by atoms with Crippen molar-refractivity contribution in [1.82, 2.24) is 9.97 Å². The number of nitrogens with zero attached hydrogens (tertiary/aromatic N) is 1. The molecule has 18 heavy (non-hydrogen) atoms. The van der Waals surface area contributed by atoms with E-state index in [-0.39, 0.29) is 18.3 Å². The molecule has 0 radical (unpaired) electrons. The Morgan fingerprint density at radius 3 is 2.61 bits per heavy atom. The van der Waals surface area contributed by atoms with Crippen molar-refractivity contribution in [3.05, 3.63) is 66.2 Å². The van der Waals surface area contributed by atoms with Crippen molar-refractivity contribution in [2.24, 2.45) is 0 Å². The van der Waals surface area contributed by atoms with Crippen molar-refractivity contribution in [2.75, 3.05) is 0 Å². The molecule has 3 heteroatoms. The van der Waals surface area contributed by atoms with Gasteiger partial charge in [-0.3, -0.25) is 0 Å². The Balaban J connectivity index is 0.00000120. The average molecular weight is 259 g/mol. The lowest BCUT2D eigenvalue weighted by Crippen LogP contribution is -1.99. The molecule has 0 aliphatic carbocycles. The Morgan fingerprint density at radius 1 is 1.06 bits per heavy atom. The number of aromatic amines is 1. The predicted octanol–water partition coefficient (Wildman–Crippen LogP) is 4.14. The van der Waals surface area contributed by atoms with Crippen molar-refractivity contribution < 1.29 is 0 Å². The van der Waals surface area contributed by atoms with E-state index in [2.05, 4.69) is 59.4 Å². The van der Waals surface area contributed by atoms with Crippen LogP contribution in [0.5, 0.6) is 0 Å². The van der Waals surface area contributed by atoms with Crippen LogP contribution in [0.4, 0.5) is 0 Å². The van der Waals surface area contributed by atoms with Gasteiger partial charge in [-0.25, -0.2) is 4.98 Å². The van der Waals surface area contributed by atoms with Gasteiger partial charge in [-0.15, -0.1) is 12.4 Å². The summed E-state index contributed by atoms with van der Waals surface area (Å²) in [5, 5.41) is 2.59. The first kappa shape index (κ1) is 12.7. The quantitative estimate of drug-likeness (QED) is 0.735. The second-order valence-electron chi connectivity index (χ2n) is 4.26. The molecular formula is C15H15ClN2. The Kier molecular flexibility index (Phi) is 3.68. The number of aromatic nitrogens is 2. The third-order valence-corrected chi connectivity index (χ3v) is 3.22. The van der Waals surface area contributed by atoms with Crippen molar-refractivity contribution in [2.45, 2.75) is 12.8 Å². The van der Waals surface area contributed by atoms with Crippen LogP contribution < -0.4 is 0 Å². The molecule has 92 valence electrons. The number of nitrogens with one attached hydrogen (secondary N) is 1.